The van der Waals surface area contributed by atoms with Gasteiger partial charge in [0.2, 0.25) is 0 Å². The molecule has 1 fully saturated rings. The Hall–Kier alpha value is -2.50. The maximum absolute atomic E-state index is 4.52. The Balaban J connectivity index is 1.80. The zero-order valence-corrected chi connectivity index (χ0v) is 11.8. The minimum absolute atomic E-state index is 0.282. The topological polar surface area (TPSA) is 59.7 Å². The van der Waals surface area contributed by atoms with Crippen LogP contribution in [0.15, 0.2) is 36.9 Å². The lowest BCUT2D eigenvalue weighted by Crippen LogP contribution is -2.24. The van der Waals surface area contributed by atoms with Crippen LogP contribution in [0.5, 0.6) is 0 Å². The van der Waals surface area contributed by atoms with E-state index in [0.717, 1.165) is 41.9 Å². The van der Waals surface area contributed by atoms with Gasteiger partial charge in [0.15, 0.2) is 5.65 Å². The Labute approximate surface area is 122 Å². The summed E-state index contributed by atoms with van der Waals surface area (Å²) in [5, 5.41) is 5.30. The minimum atomic E-state index is 0.282. The summed E-state index contributed by atoms with van der Waals surface area (Å²) in [6.07, 6.45) is 7.56. The molecule has 0 aliphatic carbocycles. The van der Waals surface area contributed by atoms with Gasteiger partial charge in [0.1, 0.15) is 12.1 Å². The number of anilines is 1. The molecule has 0 aromatic carbocycles. The highest BCUT2D eigenvalue weighted by Gasteiger charge is 2.29. The lowest BCUT2D eigenvalue weighted by molar-refractivity contribution is 0.689. The van der Waals surface area contributed by atoms with E-state index in [1.807, 2.05) is 31.6 Å². The fourth-order valence-electron chi connectivity index (χ4n) is 3.08. The maximum Gasteiger partial charge on any atom is 0.163 e. The largest absolute Gasteiger partial charge is 0.347 e. The first-order valence-corrected chi connectivity index (χ1v) is 7.15. The Bertz CT molecular complexity index is 766. The molecule has 0 radical (unpaired) electrons. The highest BCUT2D eigenvalue weighted by Crippen LogP contribution is 2.36. The highest BCUT2D eigenvalue weighted by molar-refractivity contribution is 5.86. The summed E-state index contributed by atoms with van der Waals surface area (Å²) in [5.74, 6) is 0.959. The first-order chi connectivity index (χ1) is 10.3. The summed E-state index contributed by atoms with van der Waals surface area (Å²) < 4.78 is 1.78. The van der Waals surface area contributed by atoms with Crippen LogP contribution in [0.3, 0.4) is 0 Å². The van der Waals surface area contributed by atoms with Crippen molar-refractivity contribution in [3.8, 4) is 0 Å². The normalized spacial score (nSPS) is 18.5. The van der Waals surface area contributed by atoms with E-state index >= 15 is 0 Å². The van der Waals surface area contributed by atoms with E-state index in [0.29, 0.717) is 0 Å². The monoisotopic (exact) mass is 280 g/mol. The average Bonchev–Trinajstić information content (AvgIpc) is 3.15. The van der Waals surface area contributed by atoms with Crippen LogP contribution in [0.1, 0.15) is 24.6 Å². The molecule has 0 spiro atoms. The van der Waals surface area contributed by atoms with Crippen LogP contribution in [-0.4, -0.2) is 31.3 Å². The number of fused-ring (bicyclic) bond motifs is 1. The van der Waals surface area contributed by atoms with Gasteiger partial charge in [0.25, 0.3) is 0 Å². The van der Waals surface area contributed by atoms with E-state index in [9.17, 15) is 0 Å². The quantitative estimate of drug-likeness (QED) is 0.719. The van der Waals surface area contributed by atoms with Crippen LogP contribution in [0.25, 0.3) is 11.0 Å². The molecular weight excluding hydrogens is 264 g/mol. The van der Waals surface area contributed by atoms with Gasteiger partial charge in [-0.15, -0.1) is 0 Å². The Morgan fingerprint density at radius 2 is 2.14 bits per heavy atom. The fourth-order valence-corrected chi connectivity index (χ4v) is 3.08. The lowest BCUT2D eigenvalue weighted by Gasteiger charge is -2.25. The first-order valence-electron chi connectivity index (χ1n) is 7.15. The van der Waals surface area contributed by atoms with E-state index in [-0.39, 0.29) is 6.04 Å². The summed E-state index contributed by atoms with van der Waals surface area (Å²) in [4.78, 5) is 15.7. The van der Waals surface area contributed by atoms with Gasteiger partial charge in [-0.05, 0) is 25.0 Å². The molecular formula is C15H16N6. The molecule has 106 valence electrons. The molecule has 1 aliphatic rings. The molecule has 21 heavy (non-hydrogen) atoms. The molecule has 3 aromatic heterocycles. The van der Waals surface area contributed by atoms with Crippen LogP contribution in [-0.2, 0) is 7.05 Å². The van der Waals surface area contributed by atoms with E-state index in [1.165, 1.54) is 0 Å². The van der Waals surface area contributed by atoms with E-state index in [4.69, 9.17) is 0 Å². The van der Waals surface area contributed by atoms with Crippen molar-refractivity contribution in [1.82, 2.24) is 24.7 Å². The van der Waals surface area contributed by atoms with Crippen molar-refractivity contribution in [1.29, 1.82) is 0 Å². The minimum Gasteiger partial charge on any atom is -0.347 e. The smallest absolute Gasteiger partial charge is 0.163 e. The molecule has 1 aliphatic heterocycles. The van der Waals surface area contributed by atoms with Crippen LogP contribution in [0.2, 0.25) is 0 Å². The first kappa shape index (κ1) is 12.3. The van der Waals surface area contributed by atoms with Crippen LogP contribution >= 0.6 is 0 Å². The van der Waals surface area contributed by atoms with Crippen molar-refractivity contribution < 1.29 is 0 Å². The average molecular weight is 280 g/mol. The van der Waals surface area contributed by atoms with Gasteiger partial charge in [0.05, 0.1) is 23.3 Å². The van der Waals surface area contributed by atoms with E-state index < -0.39 is 0 Å². The number of hydrogen-bond donors (Lipinski definition) is 0. The third-order valence-electron chi connectivity index (χ3n) is 4.06. The molecule has 6 heteroatoms. The summed E-state index contributed by atoms with van der Waals surface area (Å²) in [6.45, 7) is 0.988. The molecule has 0 unspecified atom stereocenters. The third kappa shape index (κ3) is 1.94. The number of pyridine rings is 1. The van der Waals surface area contributed by atoms with Gasteiger partial charge in [-0.25, -0.2) is 9.97 Å². The summed E-state index contributed by atoms with van der Waals surface area (Å²) in [7, 11) is 1.90. The number of nitrogens with zero attached hydrogens (tertiary/aromatic N) is 6. The zero-order chi connectivity index (χ0) is 14.2. The molecule has 1 atom stereocenters. The van der Waals surface area contributed by atoms with Crippen LogP contribution in [0, 0.1) is 0 Å². The van der Waals surface area contributed by atoms with Crippen molar-refractivity contribution in [3.63, 3.8) is 0 Å². The fraction of sp³-hybridized carbons (Fsp3) is 0.333. The maximum atomic E-state index is 4.52. The summed E-state index contributed by atoms with van der Waals surface area (Å²) >= 11 is 0. The predicted molar refractivity (Wildman–Crippen MR) is 79.9 cm³/mol. The molecule has 6 nitrogen and oxygen atoms in total. The van der Waals surface area contributed by atoms with Crippen molar-refractivity contribution in [3.05, 3.63) is 42.6 Å². The molecule has 1 saturated heterocycles. The van der Waals surface area contributed by atoms with Gasteiger partial charge in [0, 0.05) is 19.8 Å². The Morgan fingerprint density at radius 3 is 3.00 bits per heavy atom. The van der Waals surface area contributed by atoms with Crippen LogP contribution in [0.4, 0.5) is 5.82 Å². The number of hydrogen-bond acceptors (Lipinski definition) is 5. The summed E-state index contributed by atoms with van der Waals surface area (Å²) in [5.41, 5.74) is 1.97. The number of aromatic nitrogens is 5. The third-order valence-corrected chi connectivity index (χ3v) is 4.06. The predicted octanol–water partition coefficient (Wildman–Crippen LogP) is 2.10. The van der Waals surface area contributed by atoms with Crippen molar-refractivity contribution in [2.45, 2.75) is 18.9 Å². The second kappa shape index (κ2) is 4.80. The van der Waals surface area contributed by atoms with Crippen molar-refractivity contribution in [2.75, 3.05) is 11.4 Å². The summed E-state index contributed by atoms with van der Waals surface area (Å²) in [6, 6.07) is 6.36. The molecule has 0 amide bonds. The van der Waals surface area contributed by atoms with Gasteiger partial charge in [-0.3, -0.25) is 9.67 Å². The zero-order valence-electron chi connectivity index (χ0n) is 11.8. The molecule has 3 aromatic rings. The molecule has 0 N–H and O–H groups in total. The second-order valence-electron chi connectivity index (χ2n) is 5.31. The Kier molecular flexibility index (Phi) is 2.80. The second-order valence-corrected chi connectivity index (χ2v) is 5.31. The van der Waals surface area contributed by atoms with Gasteiger partial charge < -0.3 is 4.90 Å². The standard InChI is InChI=1S/C15H16N6/c1-20-14-11(9-19-20)15(18-10-17-14)21-8-4-6-13(21)12-5-2-3-7-16-12/h2-3,5,7,9-10,13H,4,6,8H2,1H3/t13-/m0/s1. The van der Waals surface area contributed by atoms with Gasteiger partial charge in [-0.2, -0.15) is 5.10 Å². The molecule has 0 bridgehead atoms. The Morgan fingerprint density at radius 1 is 1.19 bits per heavy atom. The number of aryl methyl sites for hydroxylation is 1. The van der Waals surface area contributed by atoms with Crippen molar-refractivity contribution in [2.24, 2.45) is 7.05 Å². The molecule has 4 rings (SSSR count). The van der Waals surface area contributed by atoms with Gasteiger partial charge in [-0.1, -0.05) is 6.07 Å². The molecule has 0 saturated carbocycles. The van der Waals surface area contributed by atoms with Crippen LogP contribution < -0.4 is 4.90 Å². The SMILES string of the molecule is Cn1ncc2c(N3CCC[C@H]3c3ccccn3)ncnc21. The van der Waals surface area contributed by atoms with E-state index in [1.54, 1.807) is 11.0 Å². The van der Waals surface area contributed by atoms with Gasteiger partial charge >= 0.3 is 0 Å². The number of rotatable bonds is 2. The highest BCUT2D eigenvalue weighted by atomic mass is 15.3. The van der Waals surface area contributed by atoms with Crippen molar-refractivity contribution >= 4 is 16.9 Å². The lowest BCUT2D eigenvalue weighted by atomic mass is 10.1. The van der Waals surface area contributed by atoms with E-state index in [2.05, 4.69) is 31.0 Å². The molecule has 4 heterocycles.